The number of amides is 2. The van der Waals surface area contributed by atoms with Gasteiger partial charge in [-0.2, -0.15) is 0 Å². The molecule has 0 aromatic rings. The van der Waals surface area contributed by atoms with Gasteiger partial charge in [0.05, 0.1) is 59.3 Å². The normalized spacial score (nSPS) is 12.2. The Bertz CT molecular complexity index is 712. The minimum atomic E-state index is -1.02. The van der Waals surface area contributed by atoms with Crippen LogP contribution in [0.5, 0.6) is 0 Å². The summed E-state index contributed by atoms with van der Waals surface area (Å²) < 4.78 is 21.0. The number of carbonyl (C=O) groups excluding carboxylic acids is 2. The molecule has 3 N–H and O–H groups in total. The summed E-state index contributed by atoms with van der Waals surface area (Å²) in [5.41, 5.74) is 0. The Morgan fingerprint density at radius 3 is 1.92 bits per heavy atom. The van der Waals surface area contributed by atoms with E-state index in [1.807, 2.05) is 0 Å². The highest BCUT2D eigenvalue weighted by Crippen LogP contribution is 2.39. The molecule has 0 fully saturated rings. The molecule has 0 saturated carbocycles. The molecule has 0 radical (unpaired) electrons. The van der Waals surface area contributed by atoms with Crippen LogP contribution >= 0.6 is 21.6 Å². The molecule has 0 unspecified atom stereocenters. The van der Waals surface area contributed by atoms with Crippen LogP contribution in [0.25, 0.3) is 0 Å². The standard InChI is InChI=1S/C25H46N2O10S2/c1-20(24(32)33)27(4)22(29)7-9-25(2,3)39-38-19-5-6-21(28)26-10-12-35-14-16-37-18-17-36-15-13-34-11-8-23(30)31/h20H,5-19H2,1-4H3,(H,26,28)(H,30,31)(H,32,33)/t20-/m0/s1. The fourth-order valence-corrected chi connectivity index (χ4v) is 5.43. The molecule has 0 bridgehead atoms. The highest BCUT2D eigenvalue weighted by atomic mass is 33.1. The molecule has 0 aliphatic carbocycles. The van der Waals surface area contributed by atoms with Crippen molar-refractivity contribution < 1.29 is 48.3 Å². The lowest BCUT2D eigenvalue weighted by atomic mass is 10.1. The molecule has 2 amide bonds. The Balaban J connectivity index is 3.58. The van der Waals surface area contributed by atoms with Crippen LogP contribution < -0.4 is 5.32 Å². The van der Waals surface area contributed by atoms with Crippen molar-refractivity contribution in [2.45, 2.75) is 63.7 Å². The number of nitrogens with one attached hydrogen (secondary N) is 1. The van der Waals surface area contributed by atoms with Crippen molar-refractivity contribution in [2.75, 3.05) is 72.2 Å². The fourth-order valence-electron chi connectivity index (χ4n) is 2.77. The molecule has 0 saturated heterocycles. The van der Waals surface area contributed by atoms with Gasteiger partial charge in [0, 0.05) is 36.9 Å². The van der Waals surface area contributed by atoms with Gasteiger partial charge in [0.15, 0.2) is 0 Å². The Hall–Kier alpha value is -1.58. The number of aliphatic carboxylic acids is 2. The summed E-state index contributed by atoms with van der Waals surface area (Å²) in [6.07, 6.45) is 2.07. The van der Waals surface area contributed by atoms with Crippen molar-refractivity contribution in [1.82, 2.24) is 10.2 Å². The molecule has 1 atom stereocenters. The van der Waals surface area contributed by atoms with E-state index in [4.69, 9.17) is 29.2 Å². The summed E-state index contributed by atoms with van der Waals surface area (Å²) in [5, 5.41) is 20.3. The van der Waals surface area contributed by atoms with Gasteiger partial charge < -0.3 is 39.4 Å². The second-order valence-corrected chi connectivity index (χ2v) is 12.4. The number of carboxylic acid groups (broad SMARTS) is 2. The van der Waals surface area contributed by atoms with E-state index in [2.05, 4.69) is 19.2 Å². The second kappa shape index (κ2) is 23.2. The Morgan fingerprint density at radius 1 is 0.846 bits per heavy atom. The lowest BCUT2D eigenvalue weighted by Gasteiger charge is -2.26. The predicted molar refractivity (Wildman–Crippen MR) is 151 cm³/mol. The first-order valence-corrected chi connectivity index (χ1v) is 15.4. The summed E-state index contributed by atoms with van der Waals surface area (Å²) in [7, 11) is 4.85. The number of hydrogen-bond acceptors (Lipinski definition) is 10. The summed E-state index contributed by atoms with van der Waals surface area (Å²) in [6, 6.07) is -0.844. The van der Waals surface area contributed by atoms with Crippen LogP contribution in [0.15, 0.2) is 0 Å². The molecule has 39 heavy (non-hydrogen) atoms. The molecule has 0 aromatic heterocycles. The first-order chi connectivity index (χ1) is 18.5. The van der Waals surface area contributed by atoms with E-state index in [1.165, 1.54) is 18.9 Å². The predicted octanol–water partition coefficient (Wildman–Crippen LogP) is 2.30. The lowest BCUT2D eigenvalue weighted by Crippen LogP contribution is -2.40. The van der Waals surface area contributed by atoms with Crippen molar-refractivity contribution in [2.24, 2.45) is 0 Å². The minimum Gasteiger partial charge on any atom is -0.481 e. The third-order valence-corrected chi connectivity index (χ3v) is 8.77. The number of hydrogen-bond donors (Lipinski definition) is 3. The Labute approximate surface area is 239 Å². The van der Waals surface area contributed by atoms with Gasteiger partial charge in [0.2, 0.25) is 11.8 Å². The van der Waals surface area contributed by atoms with Crippen LogP contribution in [-0.4, -0.2) is 122 Å². The number of likely N-dealkylation sites (N-methyl/N-ethyl adjacent to an activating group) is 1. The SMILES string of the molecule is C[C@@H](C(=O)O)N(C)C(=O)CCC(C)(C)SSCCCC(=O)NCCOCCOCCOCCOCCC(=O)O. The molecule has 0 aliphatic heterocycles. The summed E-state index contributed by atoms with van der Waals surface area (Å²) >= 11 is 0. The van der Waals surface area contributed by atoms with Gasteiger partial charge in [-0.15, -0.1) is 0 Å². The maximum atomic E-state index is 12.2. The van der Waals surface area contributed by atoms with Gasteiger partial charge in [-0.25, -0.2) is 4.79 Å². The highest BCUT2D eigenvalue weighted by Gasteiger charge is 2.25. The van der Waals surface area contributed by atoms with Crippen molar-refractivity contribution in [3.05, 3.63) is 0 Å². The van der Waals surface area contributed by atoms with Crippen molar-refractivity contribution in [3.8, 4) is 0 Å². The van der Waals surface area contributed by atoms with E-state index >= 15 is 0 Å². The Morgan fingerprint density at radius 2 is 1.38 bits per heavy atom. The van der Waals surface area contributed by atoms with Crippen molar-refractivity contribution in [3.63, 3.8) is 0 Å². The van der Waals surface area contributed by atoms with Gasteiger partial charge in [0.1, 0.15) is 6.04 Å². The third kappa shape index (κ3) is 22.9. The monoisotopic (exact) mass is 598 g/mol. The second-order valence-electron chi connectivity index (χ2n) is 9.23. The van der Waals surface area contributed by atoms with Gasteiger partial charge in [-0.05, 0) is 33.6 Å². The lowest BCUT2D eigenvalue weighted by molar-refractivity contribution is -0.148. The topological polar surface area (TPSA) is 161 Å². The number of carboxylic acids is 2. The van der Waals surface area contributed by atoms with E-state index in [-0.39, 0.29) is 36.0 Å². The van der Waals surface area contributed by atoms with Crippen molar-refractivity contribution >= 4 is 45.3 Å². The minimum absolute atomic E-state index is 0.0186. The summed E-state index contributed by atoms with van der Waals surface area (Å²) in [6.45, 7) is 9.00. The van der Waals surface area contributed by atoms with Gasteiger partial charge in [-0.1, -0.05) is 21.6 Å². The smallest absolute Gasteiger partial charge is 0.326 e. The molecule has 14 heteroatoms. The molecule has 0 spiro atoms. The van der Waals surface area contributed by atoms with E-state index in [9.17, 15) is 19.2 Å². The van der Waals surface area contributed by atoms with Crippen LogP contribution in [0.4, 0.5) is 0 Å². The van der Waals surface area contributed by atoms with Crippen LogP contribution in [-0.2, 0) is 38.1 Å². The number of rotatable bonds is 26. The molecule has 12 nitrogen and oxygen atoms in total. The average Bonchev–Trinajstić information content (AvgIpc) is 2.88. The van der Waals surface area contributed by atoms with E-state index < -0.39 is 18.0 Å². The van der Waals surface area contributed by atoms with Gasteiger partial charge >= 0.3 is 11.9 Å². The molecular formula is C25H46N2O10S2. The van der Waals surface area contributed by atoms with Crippen LogP contribution in [0, 0.1) is 0 Å². The maximum Gasteiger partial charge on any atom is 0.326 e. The summed E-state index contributed by atoms with van der Waals surface area (Å²) in [4.78, 5) is 46.8. The van der Waals surface area contributed by atoms with Crippen molar-refractivity contribution in [1.29, 1.82) is 0 Å². The zero-order valence-electron chi connectivity index (χ0n) is 23.6. The van der Waals surface area contributed by atoms with Crippen LogP contribution in [0.1, 0.15) is 52.9 Å². The maximum absolute atomic E-state index is 12.2. The fraction of sp³-hybridized carbons (Fsp3) is 0.840. The van der Waals surface area contributed by atoms with Gasteiger partial charge in [0.25, 0.3) is 0 Å². The first kappa shape index (κ1) is 37.4. The zero-order valence-corrected chi connectivity index (χ0v) is 25.2. The number of nitrogens with zero attached hydrogens (tertiary/aromatic N) is 1. The molecule has 0 rings (SSSR count). The number of ether oxygens (including phenoxy) is 4. The molecular weight excluding hydrogens is 552 g/mol. The zero-order chi connectivity index (χ0) is 29.5. The average molecular weight is 599 g/mol. The summed E-state index contributed by atoms with van der Waals surface area (Å²) in [5.74, 6) is -1.31. The Kier molecular flexibility index (Phi) is 22.2. The van der Waals surface area contributed by atoms with Crippen LogP contribution in [0.2, 0.25) is 0 Å². The van der Waals surface area contributed by atoms with E-state index in [0.717, 1.165) is 12.2 Å². The molecule has 228 valence electrons. The van der Waals surface area contributed by atoms with Crippen LogP contribution in [0.3, 0.4) is 0 Å². The van der Waals surface area contributed by atoms with Gasteiger partial charge in [-0.3, -0.25) is 14.4 Å². The molecule has 0 aliphatic rings. The van der Waals surface area contributed by atoms with E-state index in [0.29, 0.717) is 65.6 Å². The number of carbonyl (C=O) groups is 4. The molecule has 0 aromatic carbocycles. The van der Waals surface area contributed by atoms with E-state index in [1.54, 1.807) is 21.6 Å². The first-order valence-electron chi connectivity index (χ1n) is 13.0. The quantitative estimate of drug-likeness (QED) is 0.0986. The third-order valence-electron chi connectivity index (χ3n) is 5.33. The largest absolute Gasteiger partial charge is 0.481 e. The molecule has 0 heterocycles. The highest BCUT2D eigenvalue weighted by molar-refractivity contribution is 8.77.